The lowest BCUT2D eigenvalue weighted by atomic mass is 9.87. The highest BCUT2D eigenvalue weighted by Crippen LogP contribution is 2.25. The summed E-state index contributed by atoms with van der Waals surface area (Å²) in [5.41, 5.74) is 1.71. The first-order valence-corrected chi connectivity index (χ1v) is 8.68. The Hall–Kier alpha value is 0.140. The van der Waals surface area contributed by atoms with Crippen molar-refractivity contribution in [3.8, 4) is 0 Å². The van der Waals surface area contributed by atoms with Crippen molar-refractivity contribution in [3.05, 3.63) is 32.7 Å². The Bertz CT molecular complexity index is 388. The van der Waals surface area contributed by atoms with Crippen LogP contribution in [0.5, 0.6) is 0 Å². The number of nitrogens with one attached hydrogen (secondary N) is 1. The Morgan fingerprint density at radius 1 is 1.11 bits per heavy atom. The molecule has 0 atom stereocenters. The van der Waals surface area contributed by atoms with E-state index in [0.29, 0.717) is 5.41 Å². The van der Waals surface area contributed by atoms with Crippen LogP contribution in [0, 0.1) is 5.41 Å². The van der Waals surface area contributed by atoms with Crippen LogP contribution in [0.15, 0.2) is 27.1 Å². The summed E-state index contributed by atoms with van der Waals surface area (Å²) >= 11 is 7.04. The van der Waals surface area contributed by atoms with Gasteiger partial charge in [-0.3, -0.25) is 0 Å². The van der Waals surface area contributed by atoms with Crippen LogP contribution in [0.4, 0.5) is 0 Å². The SMILES string of the molecule is CCCCCC(C)(C)CNCc1ccc(Br)c(Br)c1. The van der Waals surface area contributed by atoms with E-state index in [1.807, 2.05) is 0 Å². The predicted octanol–water partition coefficient (Wildman–Crippen LogP) is 5.91. The fraction of sp³-hybridized carbons (Fsp3) is 0.625. The molecule has 0 heterocycles. The summed E-state index contributed by atoms with van der Waals surface area (Å²) in [6.07, 6.45) is 5.30. The zero-order valence-corrected chi connectivity index (χ0v) is 15.4. The van der Waals surface area contributed by atoms with E-state index in [9.17, 15) is 0 Å². The highest BCUT2D eigenvalue weighted by atomic mass is 79.9. The predicted molar refractivity (Wildman–Crippen MR) is 91.5 cm³/mol. The van der Waals surface area contributed by atoms with Gasteiger partial charge < -0.3 is 5.32 Å². The average Bonchev–Trinajstić information content (AvgIpc) is 2.34. The fourth-order valence-corrected chi connectivity index (χ4v) is 2.81. The molecular formula is C16H25Br2N. The molecule has 1 N–H and O–H groups in total. The van der Waals surface area contributed by atoms with E-state index in [0.717, 1.165) is 22.0 Å². The third-order valence-corrected chi connectivity index (χ3v) is 5.25. The van der Waals surface area contributed by atoms with Crippen LogP contribution in [0.3, 0.4) is 0 Å². The van der Waals surface area contributed by atoms with Crippen molar-refractivity contribution in [1.82, 2.24) is 5.32 Å². The third-order valence-electron chi connectivity index (χ3n) is 3.37. The molecule has 3 heteroatoms. The first-order valence-electron chi connectivity index (χ1n) is 7.09. The van der Waals surface area contributed by atoms with Crippen LogP contribution in [0.1, 0.15) is 52.0 Å². The summed E-state index contributed by atoms with van der Waals surface area (Å²) in [5.74, 6) is 0. The maximum atomic E-state index is 3.58. The number of halogens is 2. The van der Waals surface area contributed by atoms with Gasteiger partial charge in [-0.1, -0.05) is 46.1 Å². The summed E-state index contributed by atoms with van der Waals surface area (Å²) in [6.45, 7) is 8.98. The first-order chi connectivity index (χ1) is 8.94. The minimum absolute atomic E-state index is 0.391. The van der Waals surface area contributed by atoms with Crippen LogP contribution in [-0.2, 0) is 6.54 Å². The van der Waals surface area contributed by atoms with E-state index in [1.165, 1.54) is 31.2 Å². The topological polar surface area (TPSA) is 12.0 Å². The van der Waals surface area contributed by atoms with Crippen molar-refractivity contribution in [2.75, 3.05) is 6.54 Å². The van der Waals surface area contributed by atoms with Crippen molar-refractivity contribution in [2.24, 2.45) is 5.41 Å². The molecule has 0 spiro atoms. The number of benzene rings is 1. The number of unbranched alkanes of at least 4 members (excludes halogenated alkanes) is 2. The molecule has 108 valence electrons. The van der Waals surface area contributed by atoms with E-state index in [-0.39, 0.29) is 0 Å². The zero-order chi connectivity index (χ0) is 14.3. The fourth-order valence-electron chi connectivity index (χ4n) is 2.14. The Labute approximate surface area is 134 Å². The molecule has 0 fully saturated rings. The van der Waals surface area contributed by atoms with Crippen LogP contribution < -0.4 is 5.32 Å². The van der Waals surface area contributed by atoms with Gasteiger partial charge in [0, 0.05) is 22.0 Å². The lowest BCUT2D eigenvalue weighted by molar-refractivity contribution is 0.302. The largest absolute Gasteiger partial charge is 0.312 e. The summed E-state index contributed by atoms with van der Waals surface area (Å²) in [6, 6.07) is 6.42. The molecule has 0 aromatic heterocycles. The summed E-state index contributed by atoms with van der Waals surface area (Å²) < 4.78 is 2.23. The maximum Gasteiger partial charge on any atom is 0.0320 e. The Balaban J connectivity index is 2.34. The highest BCUT2D eigenvalue weighted by Gasteiger charge is 2.16. The second kappa shape index (κ2) is 8.43. The number of rotatable bonds is 8. The minimum Gasteiger partial charge on any atom is -0.312 e. The van der Waals surface area contributed by atoms with Gasteiger partial charge in [0.2, 0.25) is 0 Å². The zero-order valence-electron chi connectivity index (χ0n) is 12.2. The molecule has 0 saturated carbocycles. The Morgan fingerprint density at radius 2 is 1.84 bits per heavy atom. The second-order valence-corrected chi connectivity index (χ2v) is 7.68. The summed E-state index contributed by atoms with van der Waals surface area (Å²) in [7, 11) is 0. The molecule has 1 rings (SSSR count). The standard InChI is InChI=1S/C16H25Br2N/c1-4-5-6-9-16(2,3)12-19-11-13-7-8-14(17)15(18)10-13/h7-8,10,19H,4-6,9,11-12H2,1-3H3. The van der Waals surface area contributed by atoms with Crippen molar-refractivity contribution in [1.29, 1.82) is 0 Å². The Kier molecular flexibility index (Phi) is 7.63. The van der Waals surface area contributed by atoms with Gasteiger partial charge in [-0.15, -0.1) is 0 Å². The van der Waals surface area contributed by atoms with E-state index < -0.39 is 0 Å². The molecule has 19 heavy (non-hydrogen) atoms. The molecule has 0 amide bonds. The van der Waals surface area contributed by atoms with Crippen LogP contribution in [0.25, 0.3) is 0 Å². The third kappa shape index (κ3) is 6.92. The van der Waals surface area contributed by atoms with E-state index in [1.54, 1.807) is 0 Å². The minimum atomic E-state index is 0.391. The van der Waals surface area contributed by atoms with E-state index in [2.05, 4.69) is 76.1 Å². The molecule has 0 unspecified atom stereocenters. The quantitative estimate of drug-likeness (QED) is 0.544. The van der Waals surface area contributed by atoms with Gasteiger partial charge in [-0.25, -0.2) is 0 Å². The molecule has 1 nitrogen and oxygen atoms in total. The lowest BCUT2D eigenvalue weighted by Crippen LogP contribution is -2.29. The van der Waals surface area contributed by atoms with Gasteiger partial charge >= 0.3 is 0 Å². The smallest absolute Gasteiger partial charge is 0.0320 e. The summed E-state index contributed by atoms with van der Waals surface area (Å²) in [5, 5.41) is 3.58. The molecular weight excluding hydrogens is 366 g/mol. The first kappa shape index (κ1) is 17.2. The van der Waals surface area contributed by atoms with Gasteiger partial charge in [0.05, 0.1) is 0 Å². The van der Waals surface area contributed by atoms with Crippen LogP contribution >= 0.6 is 31.9 Å². The van der Waals surface area contributed by atoms with Gasteiger partial charge in [-0.05, 0) is 61.4 Å². The second-order valence-electron chi connectivity index (χ2n) is 5.97. The molecule has 0 saturated heterocycles. The molecule has 0 bridgehead atoms. The molecule has 0 aliphatic rings. The molecule has 0 aliphatic carbocycles. The molecule has 1 aromatic carbocycles. The van der Waals surface area contributed by atoms with Crippen molar-refractivity contribution in [3.63, 3.8) is 0 Å². The van der Waals surface area contributed by atoms with Gasteiger partial charge in [-0.2, -0.15) is 0 Å². The van der Waals surface area contributed by atoms with Gasteiger partial charge in [0.15, 0.2) is 0 Å². The summed E-state index contributed by atoms with van der Waals surface area (Å²) in [4.78, 5) is 0. The highest BCUT2D eigenvalue weighted by molar-refractivity contribution is 9.13. The monoisotopic (exact) mass is 389 g/mol. The van der Waals surface area contributed by atoms with Crippen molar-refractivity contribution >= 4 is 31.9 Å². The van der Waals surface area contributed by atoms with Crippen LogP contribution in [0.2, 0.25) is 0 Å². The van der Waals surface area contributed by atoms with E-state index in [4.69, 9.17) is 0 Å². The van der Waals surface area contributed by atoms with Crippen molar-refractivity contribution < 1.29 is 0 Å². The number of hydrogen-bond acceptors (Lipinski definition) is 1. The van der Waals surface area contributed by atoms with E-state index >= 15 is 0 Å². The molecule has 1 aromatic rings. The van der Waals surface area contributed by atoms with Crippen LogP contribution in [-0.4, -0.2) is 6.54 Å². The maximum absolute atomic E-state index is 3.58. The normalized spacial score (nSPS) is 11.8. The van der Waals surface area contributed by atoms with Gasteiger partial charge in [0.25, 0.3) is 0 Å². The Morgan fingerprint density at radius 3 is 2.47 bits per heavy atom. The van der Waals surface area contributed by atoms with Gasteiger partial charge in [0.1, 0.15) is 0 Å². The average molecular weight is 391 g/mol. The molecule has 0 radical (unpaired) electrons. The lowest BCUT2D eigenvalue weighted by Gasteiger charge is -2.25. The number of hydrogen-bond donors (Lipinski definition) is 1. The molecule has 0 aliphatic heterocycles. The van der Waals surface area contributed by atoms with Crippen molar-refractivity contribution in [2.45, 2.75) is 53.0 Å².